The molecule has 1 aromatic carbocycles. The summed E-state index contributed by atoms with van der Waals surface area (Å²) in [6, 6.07) is 6.70. The Bertz CT molecular complexity index is 507. The van der Waals surface area contributed by atoms with Crippen LogP contribution in [0.5, 0.6) is 0 Å². The van der Waals surface area contributed by atoms with Gasteiger partial charge in [0.25, 0.3) is 0 Å². The maximum Gasteiger partial charge on any atom is 0.0459 e. The van der Waals surface area contributed by atoms with Crippen molar-refractivity contribution in [1.29, 1.82) is 0 Å². The van der Waals surface area contributed by atoms with Crippen molar-refractivity contribution in [1.82, 2.24) is 10.3 Å². The minimum atomic E-state index is 0.809. The maximum atomic E-state index is 3.49. The summed E-state index contributed by atoms with van der Waals surface area (Å²) in [4.78, 5) is 3.40. The van der Waals surface area contributed by atoms with Crippen LogP contribution < -0.4 is 5.32 Å². The van der Waals surface area contributed by atoms with Gasteiger partial charge in [0.1, 0.15) is 0 Å². The molecule has 1 saturated heterocycles. The normalized spacial score (nSPS) is 20.9. The minimum absolute atomic E-state index is 0.809. The number of fused-ring (bicyclic) bond motifs is 1. The second-order valence-electron chi connectivity index (χ2n) is 5.28. The molecule has 2 N–H and O–H groups in total. The summed E-state index contributed by atoms with van der Waals surface area (Å²) in [7, 11) is 0. The van der Waals surface area contributed by atoms with Gasteiger partial charge in [-0.25, -0.2) is 0 Å². The zero-order chi connectivity index (χ0) is 11.7. The number of aromatic amines is 1. The first-order valence-corrected chi connectivity index (χ1v) is 6.60. The van der Waals surface area contributed by atoms with Crippen LogP contribution in [0.1, 0.15) is 24.0 Å². The van der Waals surface area contributed by atoms with Crippen molar-refractivity contribution in [3.63, 3.8) is 0 Å². The third-order valence-corrected chi connectivity index (χ3v) is 3.83. The summed E-state index contributed by atoms with van der Waals surface area (Å²) in [6.07, 6.45) is 6.09. The van der Waals surface area contributed by atoms with Crippen molar-refractivity contribution in [2.24, 2.45) is 5.92 Å². The Hall–Kier alpha value is -1.28. The number of piperidine rings is 1. The van der Waals surface area contributed by atoms with E-state index in [1.807, 2.05) is 0 Å². The van der Waals surface area contributed by atoms with E-state index in [2.05, 4.69) is 41.6 Å². The van der Waals surface area contributed by atoms with Gasteiger partial charge in [0.2, 0.25) is 0 Å². The molecular formula is C15H20N2. The molecule has 0 bridgehead atoms. The van der Waals surface area contributed by atoms with Gasteiger partial charge in [0, 0.05) is 17.1 Å². The predicted molar refractivity (Wildman–Crippen MR) is 72.3 cm³/mol. The standard InChI is InChI=1S/C15H20N2/c1-11-4-5-14-13(10-17-15(14)7-11)8-12-3-2-6-16-9-12/h4-5,7,10,12,16-17H,2-3,6,8-9H2,1H3. The number of nitrogens with one attached hydrogen (secondary N) is 2. The van der Waals surface area contributed by atoms with Crippen LogP contribution in [0, 0.1) is 12.8 Å². The van der Waals surface area contributed by atoms with Gasteiger partial charge in [0.05, 0.1) is 0 Å². The zero-order valence-corrected chi connectivity index (χ0v) is 10.4. The van der Waals surface area contributed by atoms with Gasteiger partial charge in [-0.2, -0.15) is 0 Å². The molecule has 90 valence electrons. The van der Waals surface area contributed by atoms with Crippen LogP contribution in [0.25, 0.3) is 10.9 Å². The maximum absolute atomic E-state index is 3.49. The van der Waals surface area contributed by atoms with Crippen molar-refractivity contribution in [2.75, 3.05) is 13.1 Å². The first kappa shape index (κ1) is 10.8. The predicted octanol–water partition coefficient (Wildman–Crippen LogP) is 3.02. The SMILES string of the molecule is Cc1ccc2c(CC3CCCNC3)c[nH]c2c1. The third kappa shape index (κ3) is 2.22. The highest BCUT2D eigenvalue weighted by molar-refractivity contribution is 5.83. The van der Waals surface area contributed by atoms with E-state index in [1.165, 1.54) is 54.4 Å². The van der Waals surface area contributed by atoms with Gasteiger partial charge in [-0.15, -0.1) is 0 Å². The molecule has 0 saturated carbocycles. The molecule has 0 amide bonds. The Morgan fingerprint density at radius 3 is 3.12 bits per heavy atom. The summed E-state index contributed by atoms with van der Waals surface area (Å²) in [5.41, 5.74) is 4.09. The number of hydrogen-bond acceptors (Lipinski definition) is 1. The smallest absolute Gasteiger partial charge is 0.0459 e. The van der Waals surface area contributed by atoms with Crippen LogP contribution >= 0.6 is 0 Å². The van der Waals surface area contributed by atoms with Crippen LogP contribution in [0.3, 0.4) is 0 Å². The molecule has 1 fully saturated rings. The number of benzene rings is 1. The molecule has 3 rings (SSSR count). The molecule has 2 aromatic rings. The molecule has 1 unspecified atom stereocenters. The van der Waals surface area contributed by atoms with Crippen LogP contribution in [0.4, 0.5) is 0 Å². The molecule has 2 heteroatoms. The molecule has 1 aliphatic rings. The lowest BCUT2D eigenvalue weighted by molar-refractivity contribution is 0.377. The molecule has 0 aliphatic carbocycles. The lowest BCUT2D eigenvalue weighted by atomic mass is 9.92. The molecule has 1 aromatic heterocycles. The Morgan fingerprint density at radius 2 is 2.29 bits per heavy atom. The van der Waals surface area contributed by atoms with E-state index in [1.54, 1.807) is 0 Å². The number of H-pyrrole nitrogens is 1. The number of rotatable bonds is 2. The fourth-order valence-electron chi connectivity index (χ4n) is 2.88. The molecular weight excluding hydrogens is 208 g/mol. The summed E-state index contributed by atoms with van der Waals surface area (Å²) in [6.45, 7) is 4.52. The quantitative estimate of drug-likeness (QED) is 0.812. The molecule has 2 heterocycles. The molecule has 17 heavy (non-hydrogen) atoms. The Kier molecular flexibility index (Phi) is 2.89. The molecule has 0 spiro atoms. The Labute approximate surface area is 102 Å². The van der Waals surface area contributed by atoms with Gasteiger partial charge < -0.3 is 10.3 Å². The molecule has 1 atom stereocenters. The zero-order valence-electron chi connectivity index (χ0n) is 10.4. The van der Waals surface area contributed by atoms with Gasteiger partial charge in [0.15, 0.2) is 0 Å². The first-order valence-electron chi connectivity index (χ1n) is 6.60. The van der Waals surface area contributed by atoms with Crippen molar-refractivity contribution in [3.8, 4) is 0 Å². The van der Waals surface area contributed by atoms with Gasteiger partial charge in [-0.3, -0.25) is 0 Å². The largest absolute Gasteiger partial charge is 0.361 e. The fraction of sp³-hybridized carbons (Fsp3) is 0.467. The van der Waals surface area contributed by atoms with Gasteiger partial charge in [-0.05, 0) is 62.4 Å². The second-order valence-corrected chi connectivity index (χ2v) is 5.28. The molecule has 0 radical (unpaired) electrons. The average Bonchev–Trinajstić information content (AvgIpc) is 2.73. The number of hydrogen-bond donors (Lipinski definition) is 2. The van der Waals surface area contributed by atoms with Crippen LogP contribution in [-0.2, 0) is 6.42 Å². The van der Waals surface area contributed by atoms with Crippen LogP contribution in [0.2, 0.25) is 0 Å². The Morgan fingerprint density at radius 1 is 1.35 bits per heavy atom. The number of aryl methyl sites for hydroxylation is 1. The monoisotopic (exact) mass is 228 g/mol. The highest BCUT2D eigenvalue weighted by Crippen LogP contribution is 2.24. The highest BCUT2D eigenvalue weighted by atomic mass is 14.9. The lowest BCUT2D eigenvalue weighted by Gasteiger charge is -2.22. The number of aromatic nitrogens is 1. The van der Waals surface area contributed by atoms with Gasteiger partial charge >= 0.3 is 0 Å². The van der Waals surface area contributed by atoms with Crippen molar-refractivity contribution in [3.05, 3.63) is 35.5 Å². The summed E-state index contributed by atoms with van der Waals surface area (Å²) < 4.78 is 0. The topological polar surface area (TPSA) is 27.8 Å². The summed E-state index contributed by atoms with van der Waals surface area (Å²) in [5, 5.41) is 4.90. The van der Waals surface area contributed by atoms with E-state index in [4.69, 9.17) is 0 Å². The van der Waals surface area contributed by atoms with E-state index in [0.29, 0.717) is 0 Å². The Balaban J connectivity index is 1.84. The summed E-state index contributed by atoms with van der Waals surface area (Å²) >= 11 is 0. The molecule has 2 nitrogen and oxygen atoms in total. The van der Waals surface area contributed by atoms with E-state index < -0.39 is 0 Å². The third-order valence-electron chi connectivity index (χ3n) is 3.83. The van der Waals surface area contributed by atoms with E-state index in [9.17, 15) is 0 Å². The van der Waals surface area contributed by atoms with Crippen LogP contribution in [-0.4, -0.2) is 18.1 Å². The van der Waals surface area contributed by atoms with Crippen molar-refractivity contribution in [2.45, 2.75) is 26.2 Å². The molecule has 1 aliphatic heterocycles. The highest BCUT2D eigenvalue weighted by Gasteiger charge is 2.15. The van der Waals surface area contributed by atoms with E-state index in [-0.39, 0.29) is 0 Å². The van der Waals surface area contributed by atoms with Gasteiger partial charge in [-0.1, -0.05) is 12.1 Å². The van der Waals surface area contributed by atoms with Crippen LogP contribution in [0.15, 0.2) is 24.4 Å². The average molecular weight is 228 g/mol. The minimum Gasteiger partial charge on any atom is -0.361 e. The first-order chi connectivity index (χ1) is 8.33. The van der Waals surface area contributed by atoms with E-state index >= 15 is 0 Å². The van der Waals surface area contributed by atoms with Crippen molar-refractivity contribution < 1.29 is 0 Å². The fourth-order valence-corrected chi connectivity index (χ4v) is 2.88. The lowest BCUT2D eigenvalue weighted by Crippen LogP contribution is -2.30. The second kappa shape index (κ2) is 4.53. The summed E-state index contributed by atoms with van der Waals surface area (Å²) in [5.74, 6) is 0.809. The van der Waals surface area contributed by atoms with E-state index in [0.717, 1.165) is 5.92 Å². The van der Waals surface area contributed by atoms with Crippen molar-refractivity contribution >= 4 is 10.9 Å².